The molecular weight excluding hydrogens is 272 g/mol. The van der Waals surface area contributed by atoms with Gasteiger partial charge in [-0.2, -0.15) is 0 Å². The molecule has 1 fully saturated rings. The van der Waals surface area contributed by atoms with Crippen molar-refractivity contribution in [3.05, 3.63) is 11.9 Å². The standard InChI is InChI=1S/C14H22N4O3/c1-10(11(2)20)7-14(21)17-5-3-13(4-6-17)18-8-12(9-19)15-16-18/h8,10,13,19H,3-7,9H2,1-2H3. The van der Waals surface area contributed by atoms with Gasteiger partial charge in [-0.1, -0.05) is 12.1 Å². The predicted octanol–water partition coefficient (Wildman–Crippen LogP) is 0.549. The van der Waals surface area contributed by atoms with Crippen molar-refractivity contribution < 1.29 is 14.7 Å². The molecule has 2 heterocycles. The lowest BCUT2D eigenvalue weighted by Crippen LogP contribution is -2.40. The molecule has 1 unspecified atom stereocenters. The number of ketones is 1. The van der Waals surface area contributed by atoms with Crippen LogP contribution in [0.25, 0.3) is 0 Å². The van der Waals surface area contributed by atoms with E-state index in [1.807, 2.05) is 4.90 Å². The van der Waals surface area contributed by atoms with Gasteiger partial charge in [0.2, 0.25) is 5.91 Å². The second kappa shape index (κ2) is 6.80. The highest BCUT2D eigenvalue weighted by atomic mass is 16.3. The molecular formula is C14H22N4O3. The van der Waals surface area contributed by atoms with E-state index in [1.54, 1.807) is 17.8 Å². The Morgan fingerprint density at radius 2 is 2.10 bits per heavy atom. The minimum Gasteiger partial charge on any atom is -0.390 e. The summed E-state index contributed by atoms with van der Waals surface area (Å²) in [5.41, 5.74) is 0.559. The third-order valence-electron chi connectivity index (χ3n) is 4.09. The van der Waals surface area contributed by atoms with Gasteiger partial charge in [-0.05, 0) is 19.8 Å². The van der Waals surface area contributed by atoms with Crippen LogP contribution in [0, 0.1) is 5.92 Å². The summed E-state index contributed by atoms with van der Waals surface area (Å²) in [7, 11) is 0. The van der Waals surface area contributed by atoms with E-state index in [9.17, 15) is 9.59 Å². The lowest BCUT2D eigenvalue weighted by molar-refractivity contribution is -0.136. The quantitative estimate of drug-likeness (QED) is 0.856. The summed E-state index contributed by atoms with van der Waals surface area (Å²) in [5.74, 6) is -0.110. The van der Waals surface area contributed by atoms with E-state index >= 15 is 0 Å². The Morgan fingerprint density at radius 1 is 1.43 bits per heavy atom. The van der Waals surface area contributed by atoms with Crippen LogP contribution in [0.5, 0.6) is 0 Å². The Balaban J connectivity index is 1.85. The van der Waals surface area contributed by atoms with Crippen LogP contribution < -0.4 is 0 Å². The number of amides is 1. The maximum atomic E-state index is 12.1. The average Bonchev–Trinajstić information content (AvgIpc) is 2.96. The highest BCUT2D eigenvalue weighted by molar-refractivity contribution is 5.85. The van der Waals surface area contributed by atoms with Crippen molar-refractivity contribution in [2.24, 2.45) is 5.92 Å². The molecule has 116 valence electrons. The molecule has 1 atom stereocenters. The van der Waals surface area contributed by atoms with Gasteiger partial charge < -0.3 is 10.0 Å². The smallest absolute Gasteiger partial charge is 0.223 e. The highest BCUT2D eigenvalue weighted by Gasteiger charge is 2.26. The molecule has 1 N–H and O–H groups in total. The van der Waals surface area contributed by atoms with E-state index in [0.29, 0.717) is 18.8 Å². The second-order valence-corrected chi connectivity index (χ2v) is 5.68. The number of nitrogens with zero attached hydrogens (tertiary/aromatic N) is 4. The molecule has 1 amide bonds. The first-order chi connectivity index (χ1) is 10.0. The van der Waals surface area contributed by atoms with E-state index < -0.39 is 0 Å². The van der Waals surface area contributed by atoms with Crippen LogP contribution in [-0.2, 0) is 16.2 Å². The molecule has 21 heavy (non-hydrogen) atoms. The molecule has 1 saturated heterocycles. The molecule has 0 radical (unpaired) electrons. The fourth-order valence-corrected chi connectivity index (χ4v) is 2.48. The first-order valence-electron chi connectivity index (χ1n) is 7.31. The lowest BCUT2D eigenvalue weighted by Gasteiger charge is -2.32. The maximum absolute atomic E-state index is 12.1. The molecule has 1 aliphatic heterocycles. The predicted molar refractivity (Wildman–Crippen MR) is 75.3 cm³/mol. The number of carbonyl (C=O) groups excluding carboxylic acids is 2. The van der Waals surface area contributed by atoms with Crippen molar-refractivity contribution >= 4 is 11.7 Å². The van der Waals surface area contributed by atoms with Crippen molar-refractivity contribution in [3.63, 3.8) is 0 Å². The molecule has 0 aromatic carbocycles. The topological polar surface area (TPSA) is 88.3 Å². The average molecular weight is 294 g/mol. The highest BCUT2D eigenvalue weighted by Crippen LogP contribution is 2.22. The van der Waals surface area contributed by atoms with E-state index in [1.165, 1.54) is 6.92 Å². The largest absolute Gasteiger partial charge is 0.390 e. The summed E-state index contributed by atoms with van der Waals surface area (Å²) in [6.45, 7) is 4.54. The number of carbonyl (C=O) groups is 2. The minimum absolute atomic E-state index is 0.0470. The van der Waals surface area contributed by atoms with Crippen LogP contribution in [0.3, 0.4) is 0 Å². The molecule has 1 aliphatic rings. The Hall–Kier alpha value is -1.76. The number of hydrogen-bond acceptors (Lipinski definition) is 5. The SMILES string of the molecule is CC(=O)C(C)CC(=O)N1CCC(n2cc(CO)nn2)CC1. The van der Waals surface area contributed by atoms with Gasteiger partial charge in [0.15, 0.2) is 0 Å². The zero-order valence-corrected chi connectivity index (χ0v) is 12.5. The van der Waals surface area contributed by atoms with Crippen LogP contribution in [0.4, 0.5) is 0 Å². The number of Topliss-reactive ketones (excluding diaryl/α,β-unsaturated/α-hetero) is 1. The normalized spacial score (nSPS) is 17.8. The van der Waals surface area contributed by atoms with E-state index in [2.05, 4.69) is 10.3 Å². The molecule has 0 bridgehead atoms. The van der Waals surface area contributed by atoms with Crippen LogP contribution >= 0.6 is 0 Å². The molecule has 0 saturated carbocycles. The Kier molecular flexibility index (Phi) is 5.06. The fourth-order valence-electron chi connectivity index (χ4n) is 2.48. The van der Waals surface area contributed by atoms with Crippen LogP contribution in [-0.4, -0.2) is 49.8 Å². The Labute approximate surface area is 123 Å². The van der Waals surface area contributed by atoms with Crippen molar-refractivity contribution in [1.29, 1.82) is 0 Å². The molecule has 1 aromatic rings. The van der Waals surface area contributed by atoms with Crippen LogP contribution in [0.1, 0.15) is 44.8 Å². The molecule has 7 heteroatoms. The summed E-state index contributed by atoms with van der Waals surface area (Å²) < 4.78 is 1.77. The minimum atomic E-state index is -0.211. The van der Waals surface area contributed by atoms with Crippen LogP contribution in [0.15, 0.2) is 6.20 Å². The molecule has 0 spiro atoms. The molecule has 1 aromatic heterocycles. The van der Waals surface area contributed by atoms with Gasteiger partial charge in [0, 0.05) is 25.4 Å². The number of likely N-dealkylation sites (tertiary alicyclic amines) is 1. The first kappa shape index (κ1) is 15.6. The van der Waals surface area contributed by atoms with E-state index in [-0.39, 0.29) is 36.7 Å². The van der Waals surface area contributed by atoms with Gasteiger partial charge in [-0.15, -0.1) is 5.10 Å². The molecule has 7 nitrogen and oxygen atoms in total. The monoisotopic (exact) mass is 294 g/mol. The van der Waals surface area contributed by atoms with Gasteiger partial charge in [0.05, 0.1) is 18.8 Å². The van der Waals surface area contributed by atoms with Gasteiger partial charge in [-0.3, -0.25) is 9.59 Å². The summed E-state index contributed by atoms with van der Waals surface area (Å²) in [6, 6.07) is 0.215. The number of hydrogen-bond donors (Lipinski definition) is 1. The number of aliphatic hydroxyl groups excluding tert-OH is 1. The Bertz CT molecular complexity index is 506. The van der Waals surface area contributed by atoms with Crippen molar-refractivity contribution in [1.82, 2.24) is 19.9 Å². The summed E-state index contributed by atoms with van der Waals surface area (Å²) >= 11 is 0. The summed E-state index contributed by atoms with van der Waals surface area (Å²) in [5, 5.41) is 16.9. The number of rotatable bonds is 5. The zero-order chi connectivity index (χ0) is 15.4. The summed E-state index contributed by atoms with van der Waals surface area (Å²) in [6.07, 6.45) is 3.67. The first-order valence-corrected chi connectivity index (χ1v) is 7.31. The van der Waals surface area contributed by atoms with Crippen molar-refractivity contribution in [2.75, 3.05) is 13.1 Å². The third kappa shape index (κ3) is 3.87. The van der Waals surface area contributed by atoms with Crippen molar-refractivity contribution in [3.8, 4) is 0 Å². The Morgan fingerprint density at radius 3 is 2.62 bits per heavy atom. The van der Waals surface area contributed by atoms with E-state index in [0.717, 1.165) is 12.8 Å². The molecule has 2 rings (SSSR count). The van der Waals surface area contributed by atoms with E-state index in [4.69, 9.17) is 5.11 Å². The summed E-state index contributed by atoms with van der Waals surface area (Å²) in [4.78, 5) is 25.2. The van der Waals surface area contributed by atoms with Gasteiger partial charge in [0.25, 0.3) is 0 Å². The van der Waals surface area contributed by atoms with Crippen molar-refractivity contribution in [2.45, 2.75) is 45.8 Å². The zero-order valence-electron chi connectivity index (χ0n) is 12.5. The fraction of sp³-hybridized carbons (Fsp3) is 0.714. The molecule has 0 aliphatic carbocycles. The van der Waals surface area contributed by atoms with Gasteiger partial charge in [-0.25, -0.2) is 4.68 Å². The second-order valence-electron chi connectivity index (χ2n) is 5.68. The lowest BCUT2D eigenvalue weighted by atomic mass is 10.0. The number of aliphatic hydroxyl groups is 1. The maximum Gasteiger partial charge on any atom is 0.223 e. The number of aromatic nitrogens is 3. The third-order valence-corrected chi connectivity index (χ3v) is 4.09. The number of piperidine rings is 1. The van der Waals surface area contributed by atoms with Crippen LogP contribution in [0.2, 0.25) is 0 Å². The van der Waals surface area contributed by atoms with Gasteiger partial charge in [0.1, 0.15) is 11.5 Å². The van der Waals surface area contributed by atoms with Gasteiger partial charge >= 0.3 is 0 Å².